The van der Waals surface area contributed by atoms with Gasteiger partial charge >= 0.3 is 0 Å². The fourth-order valence-corrected chi connectivity index (χ4v) is 3.62. The normalized spacial score (nSPS) is 20.8. The van der Waals surface area contributed by atoms with Gasteiger partial charge in [0.1, 0.15) is 11.5 Å². The van der Waals surface area contributed by atoms with Crippen LogP contribution in [0.3, 0.4) is 0 Å². The molecule has 0 radical (unpaired) electrons. The number of hydrogen-bond acceptors (Lipinski definition) is 5. The lowest BCUT2D eigenvalue weighted by atomic mass is 10.0. The van der Waals surface area contributed by atoms with Gasteiger partial charge in [0.25, 0.3) is 5.91 Å². The first-order valence-corrected chi connectivity index (χ1v) is 8.72. The molecule has 24 heavy (non-hydrogen) atoms. The third-order valence-electron chi connectivity index (χ3n) is 4.20. The van der Waals surface area contributed by atoms with Gasteiger partial charge in [0, 0.05) is 25.0 Å². The molecule has 0 saturated carbocycles. The van der Waals surface area contributed by atoms with E-state index in [1.54, 1.807) is 27.9 Å². The van der Waals surface area contributed by atoms with E-state index in [-0.39, 0.29) is 11.7 Å². The molecule has 1 aromatic heterocycles. The van der Waals surface area contributed by atoms with Crippen LogP contribution in [0.25, 0.3) is 0 Å². The number of carbonyl (C=O) groups is 1. The predicted molar refractivity (Wildman–Crippen MR) is 90.3 cm³/mol. The summed E-state index contributed by atoms with van der Waals surface area (Å²) in [6.45, 7) is 1.89. The molecule has 1 atom stereocenters. The highest BCUT2D eigenvalue weighted by atomic mass is 32.1. The van der Waals surface area contributed by atoms with Crippen LogP contribution in [-0.4, -0.2) is 58.1 Å². The van der Waals surface area contributed by atoms with E-state index in [1.807, 2.05) is 11.9 Å². The molecular formula is C17H20FN3O2S. The molecule has 0 aliphatic carbocycles. The lowest BCUT2D eigenvalue weighted by molar-refractivity contribution is 0.0163. The molecule has 0 bridgehead atoms. The highest BCUT2D eigenvalue weighted by Crippen LogP contribution is 2.24. The van der Waals surface area contributed by atoms with Crippen LogP contribution in [0.1, 0.15) is 22.5 Å². The molecule has 3 rings (SSSR count). The van der Waals surface area contributed by atoms with Crippen molar-refractivity contribution in [2.75, 3.05) is 26.7 Å². The smallest absolute Gasteiger partial charge is 0.273 e. The number of carbonyl (C=O) groups excluding carboxylic acids is 1. The molecule has 5 nitrogen and oxygen atoms in total. The minimum absolute atomic E-state index is 0.131. The van der Waals surface area contributed by atoms with Crippen LogP contribution in [0, 0.1) is 5.82 Å². The average Bonchev–Trinajstić information content (AvgIpc) is 3.19. The summed E-state index contributed by atoms with van der Waals surface area (Å²) in [5.74, 6) is -0.389. The van der Waals surface area contributed by atoms with Crippen LogP contribution in [0.2, 0.25) is 0 Å². The first kappa shape index (κ1) is 17.0. The minimum atomic E-state index is -0.930. The third kappa shape index (κ3) is 3.98. The topological polar surface area (TPSA) is 56.7 Å². The molecular weight excluding hydrogens is 329 g/mol. The number of aromatic nitrogens is 1. The Morgan fingerprint density at radius 1 is 1.46 bits per heavy atom. The van der Waals surface area contributed by atoms with Crippen molar-refractivity contribution in [2.24, 2.45) is 0 Å². The number of β-amino-alcohol motifs (C(OH)–C–C–N with tert-alkyl or cyclic N) is 1. The number of thiazole rings is 1. The lowest BCUT2D eigenvalue weighted by Crippen LogP contribution is -2.44. The van der Waals surface area contributed by atoms with Crippen LogP contribution in [0.15, 0.2) is 35.2 Å². The average molecular weight is 349 g/mol. The molecule has 2 heterocycles. The van der Waals surface area contributed by atoms with Gasteiger partial charge in [-0.15, -0.1) is 11.3 Å². The van der Waals surface area contributed by atoms with E-state index in [0.717, 1.165) is 5.56 Å². The number of hydrogen-bond donors (Lipinski definition) is 1. The van der Waals surface area contributed by atoms with Crippen LogP contribution >= 0.6 is 11.3 Å². The van der Waals surface area contributed by atoms with Crippen molar-refractivity contribution in [2.45, 2.75) is 18.6 Å². The summed E-state index contributed by atoms with van der Waals surface area (Å²) in [6.07, 6.45) is 0.538. The number of rotatable bonds is 5. The van der Waals surface area contributed by atoms with Gasteiger partial charge in [0.05, 0.1) is 17.7 Å². The van der Waals surface area contributed by atoms with Gasteiger partial charge in [0.15, 0.2) is 0 Å². The molecule has 7 heteroatoms. The zero-order valence-electron chi connectivity index (χ0n) is 13.5. The quantitative estimate of drug-likeness (QED) is 0.897. The second-order valence-electron chi connectivity index (χ2n) is 6.37. The predicted octanol–water partition coefficient (Wildman–Crippen LogP) is 1.99. The van der Waals surface area contributed by atoms with Crippen LogP contribution in [-0.2, 0) is 6.54 Å². The minimum Gasteiger partial charge on any atom is -0.387 e. The number of aliphatic hydroxyl groups is 1. The van der Waals surface area contributed by atoms with Crippen LogP contribution in [0.5, 0.6) is 0 Å². The van der Waals surface area contributed by atoms with Crippen LogP contribution < -0.4 is 0 Å². The Balaban J connectivity index is 1.56. The first-order chi connectivity index (χ1) is 11.5. The Hall–Kier alpha value is -1.83. The maximum absolute atomic E-state index is 13.0. The molecule has 1 fully saturated rings. The van der Waals surface area contributed by atoms with E-state index in [9.17, 15) is 14.3 Å². The van der Waals surface area contributed by atoms with E-state index in [1.165, 1.54) is 23.5 Å². The molecule has 1 aliphatic heterocycles. The Morgan fingerprint density at radius 3 is 2.88 bits per heavy atom. The van der Waals surface area contributed by atoms with Gasteiger partial charge in [-0.05, 0) is 31.2 Å². The van der Waals surface area contributed by atoms with Gasteiger partial charge in [-0.3, -0.25) is 9.69 Å². The SMILES string of the molecule is CN(Cc1ccc(F)cc1)CC1(O)CCN(C(=O)c2cscn2)C1. The summed E-state index contributed by atoms with van der Waals surface area (Å²) >= 11 is 1.38. The van der Waals surface area contributed by atoms with Crippen molar-refractivity contribution in [1.82, 2.24) is 14.8 Å². The van der Waals surface area contributed by atoms with E-state index in [4.69, 9.17) is 0 Å². The second-order valence-corrected chi connectivity index (χ2v) is 7.09. The molecule has 1 unspecified atom stereocenters. The summed E-state index contributed by atoms with van der Waals surface area (Å²) in [4.78, 5) is 20.0. The molecule has 0 spiro atoms. The fourth-order valence-electron chi connectivity index (χ4n) is 3.10. The maximum atomic E-state index is 13.0. The fraction of sp³-hybridized carbons (Fsp3) is 0.412. The molecule has 128 valence electrons. The highest BCUT2D eigenvalue weighted by molar-refractivity contribution is 7.07. The number of likely N-dealkylation sites (tertiary alicyclic amines) is 1. The van der Waals surface area contributed by atoms with Gasteiger partial charge in [0.2, 0.25) is 0 Å². The zero-order valence-corrected chi connectivity index (χ0v) is 14.3. The molecule has 1 amide bonds. The van der Waals surface area contributed by atoms with E-state index < -0.39 is 5.60 Å². The lowest BCUT2D eigenvalue weighted by Gasteiger charge is -2.29. The van der Waals surface area contributed by atoms with Crippen LogP contribution in [0.4, 0.5) is 4.39 Å². The Kier molecular flexibility index (Phi) is 4.93. The Morgan fingerprint density at radius 2 is 2.21 bits per heavy atom. The largest absolute Gasteiger partial charge is 0.387 e. The highest BCUT2D eigenvalue weighted by Gasteiger charge is 2.39. The van der Waals surface area contributed by atoms with Crippen molar-refractivity contribution in [3.05, 3.63) is 52.2 Å². The molecule has 1 N–H and O–H groups in total. The summed E-state index contributed by atoms with van der Waals surface area (Å²) in [5.41, 5.74) is 2.12. The van der Waals surface area contributed by atoms with Gasteiger partial charge in [-0.1, -0.05) is 12.1 Å². The monoisotopic (exact) mass is 349 g/mol. The Bertz CT molecular complexity index is 692. The van der Waals surface area contributed by atoms with Crippen molar-refractivity contribution >= 4 is 17.2 Å². The van der Waals surface area contributed by atoms with Crippen molar-refractivity contribution in [3.63, 3.8) is 0 Å². The molecule has 1 saturated heterocycles. The zero-order chi connectivity index (χ0) is 17.2. The number of benzene rings is 1. The van der Waals surface area contributed by atoms with E-state index in [2.05, 4.69) is 4.98 Å². The number of likely N-dealkylation sites (N-methyl/N-ethyl adjacent to an activating group) is 1. The van der Waals surface area contributed by atoms with Gasteiger partial charge in [-0.2, -0.15) is 0 Å². The Labute approximate surface area is 144 Å². The molecule has 1 aromatic carbocycles. The molecule has 1 aliphatic rings. The standard InChI is InChI=1S/C17H20FN3O2S/c1-20(8-13-2-4-14(18)5-3-13)10-17(23)6-7-21(11-17)16(22)15-9-24-12-19-15/h2-5,9,12,23H,6-8,10-11H2,1H3. The second kappa shape index (κ2) is 6.96. The summed E-state index contributed by atoms with van der Waals surface area (Å²) in [7, 11) is 1.91. The van der Waals surface area contributed by atoms with Crippen molar-refractivity contribution < 1.29 is 14.3 Å². The van der Waals surface area contributed by atoms with Crippen molar-refractivity contribution in [3.8, 4) is 0 Å². The van der Waals surface area contributed by atoms with E-state index in [0.29, 0.717) is 38.3 Å². The van der Waals surface area contributed by atoms with Gasteiger partial charge < -0.3 is 10.0 Å². The maximum Gasteiger partial charge on any atom is 0.273 e. The number of amides is 1. The van der Waals surface area contributed by atoms with E-state index >= 15 is 0 Å². The number of halogens is 1. The summed E-state index contributed by atoms with van der Waals surface area (Å²) in [6, 6.07) is 6.34. The first-order valence-electron chi connectivity index (χ1n) is 7.78. The third-order valence-corrected chi connectivity index (χ3v) is 4.79. The van der Waals surface area contributed by atoms with Gasteiger partial charge in [-0.25, -0.2) is 9.37 Å². The summed E-state index contributed by atoms with van der Waals surface area (Å²) < 4.78 is 13.0. The molecule has 2 aromatic rings. The number of nitrogens with zero attached hydrogens (tertiary/aromatic N) is 3. The van der Waals surface area contributed by atoms with Crippen molar-refractivity contribution in [1.29, 1.82) is 0 Å². The summed E-state index contributed by atoms with van der Waals surface area (Å²) in [5, 5.41) is 12.5.